The van der Waals surface area contributed by atoms with Crippen molar-refractivity contribution in [3.05, 3.63) is 70.0 Å². The molecule has 10 nitrogen and oxygen atoms in total. The smallest absolute Gasteiger partial charge is 0.411 e. The summed E-state index contributed by atoms with van der Waals surface area (Å²) in [7, 11) is 0. The van der Waals surface area contributed by atoms with Gasteiger partial charge in [-0.15, -0.1) is 0 Å². The molecule has 37 heavy (non-hydrogen) atoms. The SMILES string of the molecule is [C-]#[N+]c1ccc(C(=O)C(OC(=O)N2CCOCC2)C(=O)Nc2cc(C(=O)NCC(C)C)ccc2Cl)cc1. The third-order valence-electron chi connectivity index (χ3n) is 5.40. The monoisotopic (exact) mass is 526 g/mol. The van der Waals surface area contributed by atoms with Gasteiger partial charge in [0.2, 0.25) is 11.9 Å². The van der Waals surface area contributed by atoms with Crippen molar-refractivity contribution in [2.75, 3.05) is 38.2 Å². The molecule has 0 aromatic heterocycles. The van der Waals surface area contributed by atoms with Crippen molar-refractivity contribution in [1.29, 1.82) is 0 Å². The number of anilines is 1. The number of halogens is 1. The van der Waals surface area contributed by atoms with Crippen LogP contribution in [0.5, 0.6) is 0 Å². The highest BCUT2D eigenvalue weighted by Gasteiger charge is 2.34. The summed E-state index contributed by atoms with van der Waals surface area (Å²) in [5, 5.41) is 5.41. The number of hydrogen-bond donors (Lipinski definition) is 2. The summed E-state index contributed by atoms with van der Waals surface area (Å²) >= 11 is 6.25. The van der Waals surface area contributed by atoms with Gasteiger partial charge in [-0.2, -0.15) is 0 Å². The molecule has 1 atom stereocenters. The van der Waals surface area contributed by atoms with Gasteiger partial charge in [0.25, 0.3) is 11.8 Å². The number of morpholine rings is 1. The molecule has 1 aliphatic heterocycles. The van der Waals surface area contributed by atoms with E-state index >= 15 is 0 Å². The first-order valence-corrected chi connectivity index (χ1v) is 12.0. The first-order chi connectivity index (χ1) is 17.7. The van der Waals surface area contributed by atoms with Gasteiger partial charge in [-0.3, -0.25) is 14.4 Å². The maximum Gasteiger partial charge on any atom is 0.411 e. The van der Waals surface area contributed by atoms with Gasteiger partial charge < -0.3 is 25.0 Å². The predicted octanol–water partition coefficient (Wildman–Crippen LogP) is 3.94. The molecule has 0 aliphatic carbocycles. The standard InChI is InChI=1S/C26H27ClN4O6/c1-16(2)15-29-24(33)18-6-9-20(27)21(14-18)30-25(34)23(37-26(35)31-10-12-36-13-11-31)22(32)17-4-7-19(28-3)8-5-17/h4-9,14,16,23H,10-13,15H2,1-2H3,(H,29,33)(H,30,34). The van der Waals surface area contributed by atoms with Crippen molar-refractivity contribution >= 4 is 46.7 Å². The Bertz CT molecular complexity index is 1200. The summed E-state index contributed by atoms with van der Waals surface area (Å²) in [6, 6.07) is 9.95. The number of hydrogen-bond acceptors (Lipinski definition) is 6. The number of ether oxygens (including phenoxy) is 2. The van der Waals surface area contributed by atoms with Crippen molar-refractivity contribution in [3.8, 4) is 0 Å². The second-order valence-electron chi connectivity index (χ2n) is 8.67. The molecule has 1 fully saturated rings. The first kappa shape index (κ1) is 27.6. The molecule has 2 N–H and O–H groups in total. The van der Waals surface area contributed by atoms with E-state index in [2.05, 4.69) is 15.5 Å². The van der Waals surface area contributed by atoms with E-state index in [1.807, 2.05) is 13.8 Å². The molecule has 1 saturated heterocycles. The molecule has 11 heteroatoms. The minimum atomic E-state index is -1.84. The molecule has 0 spiro atoms. The van der Waals surface area contributed by atoms with Gasteiger partial charge in [-0.05, 0) is 24.1 Å². The van der Waals surface area contributed by atoms with Gasteiger partial charge in [-0.1, -0.05) is 49.7 Å². The molecule has 3 rings (SSSR count). The molecule has 2 aromatic carbocycles. The van der Waals surface area contributed by atoms with E-state index < -0.39 is 23.9 Å². The molecular formula is C26H27ClN4O6. The summed E-state index contributed by atoms with van der Waals surface area (Å²) in [4.78, 5) is 56.3. The van der Waals surface area contributed by atoms with Crippen LogP contribution in [0.15, 0.2) is 42.5 Å². The Hall–Kier alpha value is -3.94. The van der Waals surface area contributed by atoms with Crippen molar-refractivity contribution < 1.29 is 28.7 Å². The Morgan fingerprint density at radius 3 is 2.35 bits per heavy atom. The van der Waals surface area contributed by atoms with E-state index in [0.29, 0.717) is 25.4 Å². The van der Waals surface area contributed by atoms with E-state index in [1.54, 1.807) is 0 Å². The lowest BCUT2D eigenvalue weighted by molar-refractivity contribution is -0.122. The average Bonchev–Trinajstić information content (AvgIpc) is 2.91. The van der Waals surface area contributed by atoms with Crippen molar-refractivity contribution in [1.82, 2.24) is 10.2 Å². The number of benzene rings is 2. The normalized spacial score (nSPS) is 13.9. The summed E-state index contributed by atoms with van der Waals surface area (Å²) in [5.41, 5.74) is 0.716. The number of ketones is 1. The van der Waals surface area contributed by atoms with Crippen LogP contribution in [0.1, 0.15) is 34.6 Å². The molecule has 0 saturated carbocycles. The van der Waals surface area contributed by atoms with Crippen molar-refractivity contribution in [3.63, 3.8) is 0 Å². The number of carbonyl (C=O) groups excluding carboxylic acids is 4. The van der Waals surface area contributed by atoms with Crippen LogP contribution in [0, 0.1) is 12.5 Å². The first-order valence-electron chi connectivity index (χ1n) is 11.6. The van der Waals surface area contributed by atoms with Crippen LogP contribution >= 0.6 is 11.6 Å². The molecule has 3 amide bonds. The second-order valence-corrected chi connectivity index (χ2v) is 9.08. The number of carbonyl (C=O) groups is 4. The lowest BCUT2D eigenvalue weighted by Crippen LogP contribution is -2.46. The van der Waals surface area contributed by atoms with Crippen LogP contribution in [0.2, 0.25) is 5.02 Å². The molecule has 0 bridgehead atoms. The fraction of sp³-hybridized carbons (Fsp3) is 0.346. The highest BCUT2D eigenvalue weighted by Crippen LogP contribution is 2.24. The highest BCUT2D eigenvalue weighted by atomic mass is 35.5. The van der Waals surface area contributed by atoms with Gasteiger partial charge in [-0.25, -0.2) is 9.64 Å². The molecule has 1 unspecified atom stereocenters. The highest BCUT2D eigenvalue weighted by molar-refractivity contribution is 6.34. The molecule has 2 aromatic rings. The van der Waals surface area contributed by atoms with Gasteiger partial charge in [0.1, 0.15) is 0 Å². The Morgan fingerprint density at radius 2 is 1.73 bits per heavy atom. The Kier molecular flexibility index (Phi) is 9.60. The lowest BCUT2D eigenvalue weighted by atomic mass is 10.0. The molecule has 194 valence electrons. The summed E-state index contributed by atoms with van der Waals surface area (Å²) < 4.78 is 10.6. The molecular weight excluding hydrogens is 500 g/mol. The maximum absolute atomic E-state index is 13.3. The number of Topliss-reactive ketones (excluding diaryl/α,β-unsaturated/α-hetero) is 1. The van der Waals surface area contributed by atoms with E-state index in [-0.39, 0.29) is 46.8 Å². The van der Waals surface area contributed by atoms with E-state index in [0.717, 1.165) is 0 Å². The van der Waals surface area contributed by atoms with Gasteiger partial charge >= 0.3 is 6.09 Å². The third-order valence-corrected chi connectivity index (χ3v) is 5.73. The van der Waals surface area contributed by atoms with Crippen molar-refractivity contribution in [2.45, 2.75) is 20.0 Å². The summed E-state index contributed by atoms with van der Waals surface area (Å²) in [6.45, 7) is 12.6. The quantitative estimate of drug-likeness (QED) is 0.305. The summed E-state index contributed by atoms with van der Waals surface area (Å²) in [5.74, 6) is -1.83. The Morgan fingerprint density at radius 1 is 1.08 bits per heavy atom. The van der Waals surface area contributed by atoms with Crippen LogP contribution in [0.25, 0.3) is 4.85 Å². The van der Waals surface area contributed by atoms with Crippen LogP contribution in [-0.4, -0.2) is 67.5 Å². The van der Waals surface area contributed by atoms with Crippen LogP contribution in [-0.2, 0) is 14.3 Å². The predicted molar refractivity (Wildman–Crippen MR) is 137 cm³/mol. The third kappa shape index (κ3) is 7.52. The van der Waals surface area contributed by atoms with E-state index in [4.69, 9.17) is 27.6 Å². The van der Waals surface area contributed by atoms with E-state index in [9.17, 15) is 19.2 Å². The van der Waals surface area contributed by atoms with Crippen LogP contribution < -0.4 is 10.6 Å². The van der Waals surface area contributed by atoms with Gasteiger partial charge in [0.05, 0.1) is 30.5 Å². The minimum Gasteiger partial charge on any atom is -0.427 e. The zero-order valence-electron chi connectivity index (χ0n) is 20.5. The number of nitrogens with one attached hydrogen (secondary N) is 2. The largest absolute Gasteiger partial charge is 0.427 e. The Labute approximate surface area is 219 Å². The zero-order chi connectivity index (χ0) is 26.9. The number of amides is 3. The molecule has 1 aliphatic rings. The van der Waals surface area contributed by atoms with Crippen LogP contribution in [0.4, 0.5) is 16.2 Å². The zero-order valence-corrected chi connectivity index (χ0v) is 21.2. The van der Waals surface area contributed by atoms with Gasteiger partial charge in [0.15, 0.2) is 5.69 Å². The summed E-state index contributed by atoms with van der Waals surface area (Å²) in [6.07, 6.45) is -2.69. The fourth-order valence-electron chi connectivity index (χ4n) is 3.36. The molecule has 0 radical (unpaired) electrons. The van der Waals surface area contributed by atoms with Crippen molar-refractivity contribution in [2.24, 2.45) is 5.92 Å². The second kappa shape index (κ2) is 12.9. The average molecular weight is 527 g/mol. The lowest BCUT2D eigenvalue weighted by Gasteiger charge is -2.27. The number of rotatable bonds is 8. The minimum absolute atomic E-state index is 0.0763. The van der Waals surface area contributed by atoms with E-state index in [1.165, 1.54) is 47.4 Å². The maximum atomic E-state index is 13.3. The fourth-order valence-corrected chi connectivity index (χ4v) is 3.52. The van der Waals surface area contributed by atoms with Gasteiger partial charge in [0, 0.05) is 30.8 Å². The molecule has 1 heterocycles. The number of nitrogens with zero attached hydrogens (tertiary/aromatic N) is 2. The Balaban J connectivity index is 1.84. The van der Waals surface area contributed by atoms with Crippen LogP contribution in [0.3, 0.4) is 0 Å². The topological polar surface area (TPSA) is 118 Å².